The zero-order chi connectivity index (χ0) is 16.3. The van der Waals surface area contributed by atoms with Crippen LogP contribution in [0.4, 0.5) is 0 Å². The van der Waals surface area contributed by atoms with Crippen LogP contribution in [-0.4, -0.2) is 51.7 Å². The Hall–Kier alpha value is -0.700. The van der Waals surface area contributed by atoms with Crippen molar-refractivity contribution in [3.05, 3.63) is 38.7 Å². The maximum atomic E-state index is 10.2. The number of rotatable bonds is 4. The van der Waals surface area contributed by atoms with Crippen molar-refractivity contribution in [1.82, 2.24) is 0 Å². The third kappa shape index (κ3) is 3.79. The van der Waals surface area contributed by atoms with Gasteiger partial charge in [0.2, 0.25) is 0 Å². The van der Waals surface area contributed by atoms with Crippen LogP contribution in [0.5, 0.6) is 0 Å². The average Bonchev–Trinajstić information content (AvgIpc) is 2.50. The SMILES string of the molecule is [N-]=[N+]=N[C@@H]1C(O)[C@@H](Sc2cc(Cl)ccc2Cl)OC(CO)[C@@H]1O. The summed E-state index contributed by atoms with van der Waals surface area (Å²) in [6.45, 7) is -0.480. The van der Waals surface area contributed by atoms with Gasteiger partial charge in [-0.05, 0) is 23.7 Å². The highest BCUT2D eigenvalue weighted by Crippen LogP contribution is 2.38. The third-order valence-corrected chi connectivity index (χ3v) is 5.06. The van der Waals surface area contributed by atoms with E-state index in [1.165, 1.54) is 0 Å². The molecule has 0 saturated carbocycles. The summed E-state index contributed by atoms with van der Waals surface area (Å²) in [5.41, 5.74) is 7.67. The van der Waals surface area contributed by atoms with E-state index in [1.54, 1.807) is 18.2 Å². The molecule has 1 heterocycles. The summed E-state index contributed by atoms with van der Waals surface area (Å²) < 4.78 is 5.46. The largest absolute Gasteiger partial charge is 0.394 e. The molecule has 1 saturated heterocycles. The number of nitrogens with zero attached hydrogens (tertiary/aromatic N) is 3. The van der Waals surface area contributed by atoms with Gasteiger partial charge in [0.25, 0.3) is 0 Å². The van der Waals surface area contributed by atoms with Gasteiger partial charge in [-0.1, -0.05) is 40.1 Å². The summed E-state index contributed by atoms with van der Waals surface area (Å²) in [5, 5.41) is 33.7. The molecule has 1 fully saturated rings. The van der Waals surface area contributed by atoms with E-state index in [1.807, 2.05) is 0 Å². The van der Waals surface area contributed by atoms with Crippen molar-refractivity contribution in [1.29, 1.82) is 0 Å². The van der Waals surface area contributed by atoms with Gasteiger partial charge in [-0.3, -0.25) is 0 Å². The number of hydrogen-bond donors (Lipinski definition) is 3. The number of aliphatic hydroxyl groups is 3. The molecule has 1 aliphatic heterocycles. The van der Waals surface area contributed by atoms with Crippen molar-refractivity contribution in [3.8, 4) is 0 Å². The van der Waals surface area contributed by atoms with E-state index in [-0.39, 0.29) is 0 Å². The molecule has 0 spiro atoms. The fraction of sp³-hybridized carbons (Fsp3) is 0.500. The van der Waals surface area contributed by atoms with E-state index < -0.39 is 36.4 Å². The van der Waals surface area contributed by atoms with Gasteiger partial charge in [-0.25, -0.2) is 0 Å². The lowest BCUT2D eigenvalue weighted by Crippen LogP contribution is -2.56. The van der Waals surface area contributed by atoms with Gasteiger partial charge in [0.15, 0.2) is 0 Å². The van der Waals surface area contributed by atoms with Crippen molar-refractivity contribution in [2.75, 3.05) is 6.61 Å². The molecule has 5 atom stereocenters. The number of hydrogen-bond acceptors (Lipinski definition) is 6. The summed E-state index contributed by atoms with van der Waals surface area (Å²) in [7, 11) is 0. The molecule has 1 aliphatic rings. The highest BCUT2D eigenvalue weighted by molar-refractivity contribution is 8.00. The number of thioether (sulfide) groups is 1. The summed E-state index contributed by atoms with van der Waals surface area (Å²) >= 11 is 13.0. The van der Waals surface area contributed by atoms with Crippen molar-refractivity contribution in [2.45, 2.75) is 34.7 Å². The Labute approximate surface area is 140 Å². The fourth-order valence-corrected chi connectivity index (χ4v) is 3.67. The van der Waals surface area contributed by atoms with E-state index in [0.29, 0.717) is 14.9 Å². The number of aliphatic hydroxyl groups excluding tert-OH is 3. The molecule has 0 radical (unpaired) electrons. The van der Waals surface area contributed by atoms with Gasteiger partial charge < -0.3 is 20.1 Å². The first-order valence-corrected chi connectivity index (χ1v) is 7.90. The van der Waals surface area contributed by atoms with Gasteiger partial charge in [0.1, 0.15) is 17.6 Å². The Bertz CT molecular complexity index is 587. The van der Waals surface area contributed by atoms with E-state index in [9.17, 15) is 15.3 Å². The fourth-order valence-electron chi connectivity index (χ4n) is 2.05. The van der Waals surface area contributed by atoms with Crippen molar-refractivity contribution < 1.29 is 20.1 Å². The van der Waals surface area contributed by atoms with Crippen LogP contribution in [0, 0.1) is 0 Å². The van der Waals surface area contributed by atoms with Crippen LogP contribution in [0.25, 0.3) is 10.4 Å². The minimum absolute atomic E-state index is 0.414. The Balaban J connectivity index is 2.25. The van der Waals surface area contributed by atoms with Gasteiger partial charge in [-0.15, -0.1) is 0 Å². The molecule has 10 heteroatoms. The molecule has 2 rings (SSSR count). The molecule has 0 aromatic heterocycles. The van der Waals surface area contributed by atoms with Crippen molar-refractivity contribution in [2.24, 2.45) is 5.11 Å². The van der Waals surface area contributed by atoms with Gasteiger partial charge in [0, 0.05) is 14.8 Å². The Morgan fingerprint density at radius 2 is 2.05 bits per heavy atom. The molecule has 0 bridgehead atoms. The van der Waals surface area contributed by atoms with Crippen LogP contribution in [-0.2, 0) is 4.74 Å². The number of ether oxygens (including phenoxy) is 1. The highest BCUT2D eigenvalue weighted by atomic mass is 35.5. The number of halogens is 2. The summed E-state index contributed by atoms with van der Waals surface area (Å²) in [5.74, 6) is 0. The van der Waals surface area contributed by atoms with E-state index >= 15 is 0 Å². The minimum atomic E-state index is -1.30. The van der Waals surface area contributed by atoms with Gasteiger partial charge in [0.05, 0.1) is 23.8 Å². The zero-order valence-electron chi connectivity index (χ0n) is 11.1. The van der Waals surface area contributed by atoms with E-state index in [2.05, 4.69) is 10.0 Å². The average molecular weight is 366 g/mol. The molecule has 22 heavy (non-hydrogen) atoms. The molecule has 2 unspecified atom stereocenters. The quantitative estimate of drug-likeness (QED) is 0.429. The van der Waals surface area contributed by atoms with Gasteiger partial charge in [-0.2, -0.15) is 0 Å². The lowest BCUT2D eigenvalue weighted by Gasteiger charge is -2.40. The second kappa shape index (κ2) is 7.72. The molecular weight excluding hydrogens is 353 g/mol. The highest BCUT2D eigenvalue weighted by Gasteiger charge is 2.44. The van der Waals surface area contributed by atoms with Crippen LogP contribution in [0.2, 0.25) is 10.0 Å². The summed E-state index contributed by atoms with van der Waals surface area (Å²) in [6, 6.07) is 3.69. The predicted molar refractivity (Wildman–Crippen MR) is 83.0 cm³/mol. The van der Waals surface area contributed by atoms with Crippen LogP contribution in [0.3, 0.4) is 0 Å². The molecule has 3 N–H and O–H groups in total. The Morgan fingerprint density at radius 1 is 1.32 bits per heavy atom. The first kappa shape index (κ1) is 17.7. The number of benzene rings is 1. The molecular formula is C12H13Cl2N3O4S. The maximum absolute atomic E-state index is 10.2. The van der Waals surface area contributed by atoms with Crippen LogP contribution < -0.4 is 0 Å². The molecule has 7 nitrogen and oxygen atoms in total. The van der Waals surface area contributed by atoms with Gasteiger partial charge >= 0.3 is 0 Å². The lowest BCUT2D eigenvalue weighted by molar-refractivity contribution is -0.159. The number of azide groups is 1. The first-order valence-electron chi connectivity index (χ1n) is 6.26. The summed E-state index contributed by atoms with van der Waals surface area (Å²) in [6.07, 6.45) is -3.55. The molecule has 1 aromatic rings. The Kier molecular flexibility index (Phi) is 6.19. The maximum Gasteiger partial charge on any atom is 0.134 e. The monoisotopic (exact) mass is 365 g/mol. The molecule has 1 aromatic carbocycles. The summed E-state index contributed by atoms with van der Waals surface area (Å²) in [4.78, 5) is 3.17. The molecule has 120 valence electrons. The van der Waals surface area contributed by atoms with Crippen LogP contribution in [0.15, 0.2) is 28.2 Å². The van der Waals surface area contributed by atoms with E-state index in [4.69, 9.17) is 33.5 Å². The predicted octanol–water partition coefficient (Wildman–Crippen LogP) is 2.20. The topological polar surface area (TPSA) is 119 Å². The van der Waals surface area contributed by atoms with E-state index in [0.717, 1.165) is 11.8 Å². The lowest BCUT2D eigenvalue weighted by atomic mass is 9.98. The van der Waals surface area contributed by atoms with Crippen LogP contribution >= 0.6 is 35.0 Å². The minimum Gasteiger partial charge on any atom is -0.394 e. The molecule has 0 aliphatic carbocycles. The smallest absolute Gasteiger partial charge is 0.134 e. The van der Waals surface area contributed by atoms with Crippen molar-refractivity contribution in [3.63, 3.8) is 0 Å². The standard InChI is InChI=1S/C12H13Cl2N3O4S/c13-5-1-2-6(14)8(3-5)22-12-11(20)9(16-17-15)10(19)7(4-18)21-12/h1-3,7,9-12,18-20H,4H2/t7?,9-,10-,11?,12+/m0/s1. The second-order valence-electron chi connectivity index (χ2n) is 4.59. The second-order valence-corrected chi connectivity index (χ2v) is 6.58. The first-order chi connectivity index (χ1) is 10.5. The van der Waals surface area contributed by atoms with Crippen LogP contribution in [0.1, 0.15) is 0 Å². The molecule has 0 amide bonds. The van der Waals surface area contributed by atoms with Crippen molar-refractivity contribution >= 4 is 35.0 Å². The Morgan fingerprint density at radius 3 is 2.68 bits per heavy atom. The zero-order valence-corrected chi connectivity index (χ0v) is 13.4. The third-order valence-electron chi connectivity index (χ3n) is 3.17. The normalized spacial score (nSPS) is 31.6.